The number of amides is 1. The normalized spacial score (nSPS) is 21.7. The number of para-hydroxylation sites is 2. The first kappa shape index (κ1) is 17.1. The zero-order valence-electron chi connectivity index (χ0n) is 14.7. The molecule has 132 valence electrons. The van der Waals surface area contributed by atoms with Crippen LogP contribution in [0, 0.1) is 5.92 Å². The van der Waals surface area contributed by atoms with E-state index in [4.69, 9.17) is 4.99 Å². The van der Waals surface area contributed by atoms with Crippen LogP contribution in [0.1, 0.15) is 32.1 Å². The molecule has 0 aromatic heterocycles. The van der Waals surface area contributed by atoms with Crippen LogP contribution in [-0.2, 0) is 4.79 Å². The Hall–Kier alpha value is -2.33. The van der Waals surface area contributed by atoms with E-state index in [2.05, 4.69) is 6.08 Å². The molecule has 2 aromatic carbocycles. The molecule has 0 atom stereocenters. The van der Waals surface area contributed by atoms with Gasteiger partial charge in [0.15, 0.2) is 5.17 Å². The summed E-state index contributed by atoms with van der Waals surface area (Å²) in [5.41, 5.74) is 1.73. The lowest BCUT2D eigenvalue weighted by Gasteiger charge is -2.18. The Bertz CT molecular complexity index is 824. The van der Waals surface area contributed by atoms with Crippen molar-refractivity contribution >= 4 is 34.2 Å². The third-order valence-electron chi connectivity index (χ3n) is 4.84. The third kappa shape index (κ3) is 3.75. The number of nitrogens with zero attached hydrogens (tertiary/aromatic N) is 2. The van der Waals surface area contributed by atoms with Gasteiger partial charge in [-0.3, -0.25) is 9.69 Å². The summed E-state index contributed by atoms with van der Waals surface area (Å²) in [6, 6.07) is 19.6. The lowest BCUT2D eigenvalue weighted by atomic mass is 9.89. The number of rotatable bonds is 3. The van der Waals surface area contributed by atoms with Crippen molar-refractivity contribution in [3.8, 4) is 0 Å². The van der Waals surface area contributed by atoms with E-state index in [0.717, 1.165) is 21.4 Å². The van der Waals surface area contributed by atoms with Crippen LogP contribution in [-0.4, -0.2) is 11.1 Å². The van der Waals surface area contributed by atoms with Gasteiger partial charge in [0.2, 0.25) is 0 Å². The minimum atomic E-state index is 0.0430. The van der Waals surface area contributed by atoms with E-state index in [1.807, 2.05) is 60.7 Å². The average Bonchev–Trinajstić information content (AvgIpc) is 2.99. The number of amidine groups is 1. The Morgan fingerprint density at radius 2 is 1.58 bits per heavy atom. The van der Waals surface area contributed by atoms with Gasteiger partial charge in [-0.05, 0) is 54.8 Å². The van der Waals surface area contributed by atoms with Gasteiger partial charge in [0.1, 0.15) is 0 Å². The first-order chi connectivity index (χ1) is 12.8. The van der Waals surface area contributed by atoms with Crippen LogP contribution in [0.25, 0.3) is 0 Å². The minimum Gasteiger partial charge on any atom is -0.268 e. The maximum Gasteiger partial charge on any atom is 0.271 e. The van der Waals surface area contributed by atoms with Crippen LogP contribution in [0.5, 0.6) is 0 Å². The number of carbonyl (C=O) groups excluding carboxylic acids is 1. The van der Waals surface area contributed by atoms with Gasteiger partial charge in [-0.1, -0.05) is 61.7 Å². The highest BCUT2D eigenvalue weighted by atomic mass is 32.2. The number of carbonyl (C=O) groups is 1. The van der Waals surface area contributed by atoms with Gasteiger partial charge in [0, 0.05) is 0 Å². The molecule has 0 radical (unpaired) electrons. The summed E-state index contributed by atoms with van der Waals surface area (Å²) in [5, 5.41) is 0.731. The van der Waals surface area contributed by atoms with Crippen molar-refractivity contribution in [2.24, 2.45) is 10.9 Å². The molecule has 4 rings (SSSR count). The molecular formula is C22H22N2OS. The fourth-order valence-corrected chi connectivity index (χ4v) is 4.56. The minimum absolute atomic E-state index is 0.0430. The molecule has 2 fully saturated rings. The molecular weight excluding hydrogens is 340 g/mol. The van der Waals surface area contributed by atoms with Crippen molar-refractivity contribution in [3.05, 3.63) is 71.6 Å². The number of aliphatic imine (C=N–C) groups is 1. The molecule has 0 unspecified atom stereocenters. The van der Waals surface area contributed by atoms with Crippen molar-refractivity contribution in [1.29, 1.82) is 0 Å². The zero-order chi connectivity index (χ0) is 17.8. The molecule has 3 nitrogen and oxygen atoms in total. The standard InChI is InChI=1S/C22H22N2OS/c25-21-20(16-17-10-4-1-5-11-17)26-22(23-18-12-6-2-7-13-18)24(21)19-14-8-3-9-15-19/h2-3,6-9,12-17H,1,4-5,10-11H2/b20-16-,23-22?. The van der Waals surface area contributed by atoms with Crippen LogP contribution < -0.4 is 4.90 Å². The lowest BCUT2D eigenvalue weighted by molar-refractivity contribution is -0.113. The second kappa shape index (κ2) is 7.92. The highest BCUT2D eigenvalue weighted by Gasteiger charge is 2.35. The predicted octanol–water partition coefficient (Wildman–Crippen LogP) is 5.92. The smallest absolute Gasteiger partial charge is 0.268 e. The molecule has 2 aromatic rings. The molecule has 0 spiro atoms. The van der Waals surface area contributed by atoms with E-state index in [1.54, 1.807) is 4.90 Å². The van der Waals surface area contributed by atoms with Crippen molar-refractivity contribution < 1.29 is 4.79 Å². The molecule has 1 saturated carbocycles. The van der Waals surface area contributed by atoms with E-state index in [9.17, 15) is 4.79 Å². The Morgan fingerprint density at radius 3 is 2.27 bits per heavy atom. The molecule has 1 aliphatic heterocycles. The molecule has 26 heavy (non-hydrogen) atoms. The number of thioether (sulfide) groups is 1. The van der Waals surface area contributed by atoms with E-state index >= 15 is 0 Å². The Balaban J connectivity index is 1.69. The van der Waals surface area contributed by atoms with Crippen LogP contribution in [0.15, 0.2) is 76.6 Å². The summed E-state index contributed by atoms with van der Waals surface area (Å²) in [6.07, 6.45) is 8.41. The van der Waals surface area contributed by atoms with Gasteiger partial charge in [-0.2, -0.15) is 0 Å². The molecule has 2 aliphatic rings. The summed E-state index contributed by atoms with van der Waals surface area (Å²) >= 11 is 1.50. The summed E-state index contributed by atoms with van der Waals surface area (Å²) in [7, 11) is 0. The SMILES string of the molecule is O=C1/C(=C/C2CCCCC2)SC(=Nc2ccccc2)N1c1ccccc1. The third-order valence-corrected chi connectivity index (χ3v) is 5.83. The highest BCUT2D eigenvalue weighted by Crippen LogP contribution is 2.38. The quantitative estimate of drug-likeness (QED) is 0.635. The van der Waals surface area contributed by atoms with Gasteiger partial charge in [-0.25, -0.2) is 4.99 Å². The monoisotopic (exact) mass is 362 g/mol. The van der Waals surface area contributed by atoms with Crippen molar-refractivity contribution in [2.75, 3.05) is 4.90 Å². The van der Waals surface area contributed by atoms with Gasteiger partial charge in [0.05, 0.1) is 16.3 Å². The van der Waals surface area contributed by atoms with Gasteiger partial charge < -0.3 is 0 Å². The van der Waals surface area contributed by atoms with E-state index in [0.29, 0.717) is 5.92 Å². The number of hydrogen-bond acceptors (Lipinski definition) is 3. The van der Waals surface area contributed by atoms with Gasteiger partial charge >= 0.3 is 0 Å². The van der Waals surface area contributed by atoms with Crippen molar-refractivity contribution in [1.82, 2.24) is 0 Å². The second-order valence-electron chi connectivity index (χ2n) is 6.74. The number of anilines is 1. The predicted molar refractivity (Wildman–Crippen MR) is 110 cm³/mol. The van der Waals surface area contributed by atoms with Crippen LogP contribution in [0.3, 0.4) is 0 Å². The summed E-state index contributed by atoms with van der Waals surface area (Å²) in [4.78, 5) is 20.4. The van der Waals surface area contributed by atoms with E-state index in [1.165, 1.54) is 43.9 Å². The van der Waals surface area contributed by atoms with Crippen molar-refractivity contribution in [2.45, 2.75) is 32.1 Å². The fraction of sp³-hybridized carbons (Fsp3) is 0.273. The van der Waals surface area contributed by atoms with Crippen LogP contribution in [0.4, 0.5) is 11.4 Å². The number of allylic oxidation sites excluding steroid dienone is 1. The topological polar surface area (TPSA) is 32.7 Å². The second-order valence-corrected chi connectivity index (χ2v) is 7.75. The van der Waals surface area contributed by atoms with Crippen LogP contribution in [0.2, 0.25) is 0 Å². The van der Waals surface area contributed by atoms with Gasteiger partial charge in [-0.15, -0.1) is 0 Å². The largest absolute Gasteiger partial charge is 0.271 e. The molecule has 0 N–H and O–H groups in total. The fourth-order valence-electron chi connectivity index (χ4n) is 3.50. The van der Waals surface area contributed by atoms with E-state index in [-0.39, 0.29) is 5.91 Å². The molecule has 1 heterocycles. The number of hydrogen-bond donors (Lipinski definition) is 0. The molecule has 1 amide bonds. The summed E-state index contributed by atoms with van der Waals surface area (Å²) in [6.45, 7) is 0. The van der Waals surface area contributed by atoms with Crippen molar-refractivity contribution in [3.63, 3.8) is 0 Å². The molecule has 1 saturated heterocycles. The maximum absolute atomic E-state index is 13.1. The zero-order valence-corrected chi connectivity index (χ0v) is 15.5. The molecule has 1 aliphatic carbocycles. The number of benzene rings is 2. The molecule has 0 bridgehead atoms. The Morgan fingerprint density at radius 1 is 0.923 bits per heavy atom. The first-order valence-corrected chi connectivity index (χ1v) is 10.1. The Labute approximate surface area is 158 Å². The average molecular weight is 362 g/mol. The summed E-state index contributed by atoms with van der Waals surface area (Å²) in [5.74, 6) is 0.561. The summed E-state index contributed by atoms with van der Waals surface area (Å²) < 4.78 is 0. The first-order valence-electron chi connectivity index (χ1n) is 9.24. The lowest BCUT2D eigenvalue weighted by Crippen LogP contribution is -2.28. The maximum atomic E-state index is 13.1. The van der Waals surface area contributed by atoms with E-state index < -0.39 is 0 Å². The van der Waals surface area contributed by atoms with Gasteiger partial charge in [0.25, 0.3) is 5.91 Å². The Kier molecular flexibility index (Phi) is 5.21. The highest BCUT2D eigenvalue weighted by molar-refractivity contribution is 8.19. The molecule has 4 heteroatoms. The van der Waals surface area contributed by atoms with Crippen LogP contribution >= 0.6 is 11.8 Å².